The van der Waals surface area contributed by atoms with Crippen LogP contribution in [-0.2, 0) is 6.42 Å². The van der Waals surface area contributed by atoms with E-state index in [9.17, 15) is 13.2 Å². The summed E-state index contributed by atoms with van der Waals surface area (Å²) in [5, 5.41) is 0. The Kier molecular flexibility index (Phi) is 3.28. The summed E-state index contributed by atoms with van der Waals surface area (Å²) in [6.45, 7) is 0. The molecule has 0 unspecified atom stereocenters. The molecule has 4 nitrogen and oxygen atoms in total. The van der Waals surface area contributed by atoms with Crippen LogP contribution in [0.1, 0.15) is 5.69 Å². The second-order valence-electron chi connectivity index (χ2n) is 4.00. The molecule has 0 bridgehead atoms. The summed E-state index contributed by atoms with van der Waals surface area (Å²) in [4.78, 5) is 7.79. The van der Waals surface area contributed by atoms with Crippen molar-refractivity contribution < 1.29 is 13.2 Å². The smallest absolute Gasteiger partial charge is 0.394 e. The molecule has 4 N–H and O–H groups in total. The fourth-order valence-electron chi connectivity index (χ4n) is 1.64. The molecule has 0 radical (unpaired) electrons. The molecule has 0 amide bonds. The van der Waals surface area contributed by atoms with E-state index in [1.807, 2.05) is 0 Å². The number of nitrogen functional groups attached to an aromatic ring is 2. The number of halogens is 3. The van der Waals surface area contributed by atoms with Crippen LogP contribution in [-0.4, -0.2) is 16.1 Å². The predicted octanol–water partition coefficient (Wildman–Crippen LogP) is 2.41. The van der Waals surface area contributed by atoms with Crippen LogP contribution in [0.5, 0.6) is 0 Å². The summed E-state index contributed by atoms with van der Waals surface area (Å²) < 4.78 is 36.9. The first kappa shape index (κ1) is 13.1. The Morgan fingerprint density at radius 1 is 1.16 bits per heavy atom. The minimum absolute atomic E-state index is 0.0683. The lowest BCUT2D eigenvalue weighted by Crippen LogP contribution is -2.12. The molecular formula is C12H11F3N4. The molecule has 2 heterocycles. The van der Waals surface area contributed by atoms with Crippen LogP contribution in [0.4, 0.5) is 24.7 Å². The average Bonchev–Trinajstić information content (AvgIpc) is 2.26. The van der Waals surface area contributed by atoms with Gasteiger partial charge in [-0.05, 0) is 12.1 Å². The molecule has 19 heavy (non-hydrogen) atoms. The number of aromatic nitrogens is 2. The second kappa shape index (κ2) is 4.75. The highest BCUT2D eigenvalue weighted by molar-refractivity contribution is 5.74. The average molecular weight is 268 g/mol. The molecular weight excluding hydrogens is 257 g/mol. The predicted molar refractivity (Wildman–Crippen MR) is 66.1 cm³/mol. The number of rotatable bonds is 2. The zero-order valence-corrected chi connectivity index (χ0v) is 9.78. The van der Waals surface area contributed by atoms with Crippen molar-refractivity contribution >= 4 is 11.5 Å². The zero-order valence-electron chi connectivity index (χ0n) is 9.78. The maximum absolute atomic E-state index is 12.3. The summed E-state index contributed by atoms with van der Waals surface area (Å²) in [5.41, 5.74) is 12.3. The second-order valence-corrected chi connectivity index (χ2v) is 4.00. The molecule has 7 heteroatoms. The van der Waals surface area contributed by atoms with Gasteiger partial charge < -0.3 is 11.5 Å². The number of hydrogen-bond donors (Lipinski definition) is 2. The Hall–Kier alpha value is -2.31. The Labute approximate surface area is 107 Å². The SMILES string of the molecule is Nc1cc(N)c(-c2cccc(CC(F)(F)F)n2)cn1. The van der Waals surface area contributed by atoms with Crippen LogP contribution in [0.15, 0.2) is 30.5 Å². The Morgan fingerprint density at radius 3 is 2.53 bits per heavy atom. The molecule has 0 fully saturated rings. The van der Waals surface area contributed by atoms with Gasteiger partial charge >= 0.3 is 6.18 Å². The number of hydrogen-bond acceptors (Lipinski definition) is 4. The minimum atomic E-state index is -4.30. The fourth-order valence-corrected chi connectivity index (χ4v) is 1.64. The molecule has 0 saturated carbocycles. The highest BCUT2D eigenvalue weighted by Gasteiger charge is 2.28. The van der Waals surface area contributed by atoms with Crippen molar-refractivity contribution in [3.63, 3.8) is 0 Å². The van der Waals surface area contributed by atoms with E-state index in [-0.39, 0.29) is 11.5 Å². The van der Waals surface area contributed by atoms with Crippen LogP contribution in [0.2, 0.25) is 0 Å². The number of pyridine rings is 2. The van der Waals surface area contributed by atoms with Crippen LogP contribution in [0.3, 0.4) is 0 Å². The number of anilines is 2. The Bertz CT molecular complexity index is 596. The molecule has 0 aromatic carbocycles. The Morgan fingerprint density at radius 2 is 1.89 bits per heavy atom. The van der Waals surface area contributed by atoms with Gasteiger partial charge in [-0.15, -0.1) is 0 Å². The number of nitrogens with two attached hydrogens (primary N) is 2. The highest BCUT2D eigenvalue weighted by Crippen LogP contribution is 2.26. The van der Waals surface area contributed by atoms with Gasteiger partial charge in [0.05, 0.1) is 17.8 Å². The molecule has 0 saturated heterocycles. The molecule has 2 aromatic heterocycles. The highest BCUT2D eigenvalue weighted by atomic mass is 19.4. The lowest BCUT2D eigenvalue weighted by Gasteiger charge is -2.09. The van der Waals surface area contributed by atoms with Crippen molar-refractivity contribution in [3.8, 4) is 11.3 Å². The largest absolute Gasteiger partial charge is 0.398 e. The lowest BCUT2D eigenvalue weighted by atomic mass is 10.1. The maximum Gasteiger partial charge on any atom is 0.394 e. The number of nitrogens with zero attached hydrogens (tertiary/aromatic N) is 2. The molecule has 0 aliphatic carbocycles. The van der Waals surface area contributed by atoms with E-state index in [0.717, 1.165) is 0 Å². The van der Waals surface area contributed by atoms with Gasteiger partial charge in [-0.3, -0.25) is 4.98 Å². The third kappa shape index (κ3) is 3.34. The van der Waals surface area contributed by atoms with Crippen LogP contribution < -0.4 is 11.5 Å². The maximum atomic E-state index is 12.3. The van der Waals surface area contributed by atoms with Crippen LogP contribution in [0, 0.1) is 0 Å². The molecule has 0 atom stereocenters. The van der Waals surface area contributed by atoms with Crippen molar-refractivity contribution in [3.05, 3.63) is 36.2 Å². The summed E-state index contributed by atoms with van der Waals surface area (Å²) >= 11 is 0. The first-order chi connectivity index (χ1) is 8.85. The van der Waals surface area contributed by atoms with Gasteiger partial charge in [0.2, 0.25) is 0 Å². The van der Waals surface area contributed by atoms with E-state index < -0.39 is 12.6 Å². The monoisotopic (exact) mass is 268 g/mol. The summed E-state index contributed by atoms with van der Waals surface area (Å²) in [6.07, 6.45) is -3.98. The minimum Gasteiger partial charge on any atom is -0.398 e. The van der Waals surface area contributed by atoms with Gasteiger partial charge in [0.15, 0.2) is 0 Å². The summed E-state index contributed by atoms with van der Waals surface area (Å²) in [7, 11) is 0. The van der Waals surface area contributed by atoms with Crippen molar-refractivity contribution in [2.45, 2.75) is 12.6 Å². The molecule has 0 spiro atoms. The normalized spacial score (nSPS) is 11.5. The zero-order chi connectivity index (χ0) is 14.0. The van der Waals surface area contributed by atoms with E-state index >= 15 is 0 Å². The Balaban J connectivity index is 2.38. The third-order valence-corrected chi connectivity index (χ3v) is 2.42. The van der Waals surface area contributed by atoms with Crippen molar-refractivity contribution in [2.24, 2.45) is 0 Å². The van der Waals surface area contributed by atoms with Crippen molar-refractivity contribution in [1.82, 2.24) is 9.97 Å². The van der Waals surface area contributed by atoms with Gasteiger partial charge in [-0.2, -0.15) is 13.2 Å². The molecule has 100 valence electrons. The van der Waals surface area contributed by atoms with E-state index in [1.165, 1.54) is 24.4 Å². The van der Waals surface area contributed by atoms with Gasteiger partial charge in [0, 0.05) is 23.5 Å². The van der Waals surface area contributed by atoms with Gasteiger partial charge in [0.25, 0.3) is 0 Å². The third-order valence-electron chi connectivity index (χ3n) is 2.42. The van der Waals surface area contributed by atoms with Gasteiger partial charge in [-0.1, -0.05) is 6.07 Å². The molecule has 0 aliphatic rings. The molecule has 0 aliphatic heterocycles. The van der Waals surface area contributed by atoms with Gasteiger partial charge in [-0.25, -0.2) is 4.98 Å². The summed E-state index contributed by atoms with van der Waals surface area (Å²) in [6, 6.07) is 5.83. The van der Waals surface area contributed by atoms with E-state index in [1.54, 1.807) is 6.07 Å². The topological polar surface area (TPSA) is 77.8 Å². The quantitative estimate of drug-likeness (QED) is 0.876. The molecule has 2 rings (SSSR count). The standard InChI is InChI=1S/C12H11F3N4/c13-12(14,15)5-7-2-1-3-10(19-7)8-6-18-11(17)4-9(8)16/h1-4,6H,5H2,(H4,16,17,18). The van der Waals surface area contributed by atoms with Crippen molar-refractivity contribution in [2.75, 3.05) is 11.5 Å². The van der Waals surface area contributed by atoms with E-state index in [4.69, 9.17) is 11.5 Å². The lowest BCUT2D eigenvalue weighted by molar-refractivity contribution is -0.127. The first-order valence-corrected chi connectivity index (χ1v) is 5.39. The number of alkyl halides is 3. The van der Waals surface area contributed by atoms with Gasteiger partial charge in [0.1, 0.15) is 5.82 Å². The fraction of sp³-hybridized carbons (Fsp3) is 0.167. The molecule has 2 aromatic rings. The van der Waals surface area contributed by atoms with Crippen molar-refractivity contribution in [1.29, 1.82) is 0 Å². The summed E-state index contributed by atoms with van der Waals surface area (Å²) in [5.74, 6) is 0.243. The van der Waals surface area contributed by atoms with Crippen LogP contribution >= 0.6 is 0 Å². The van der Waals surface area contributed by atoms with Crippen LogP contribution in [0.25, 0.3) is 11.3 Å². The van der Waals surface area contributed by atoms with E-state index in [2.05, 4.69) is 9.97 Å². The first-order valence-electron chi connectivity index (χ1n) is 5.39. The van der Waals surface area contributed by atoms with E-state index in [0.29, 0.717) is 16.9 Å².